The normalized spacial score (nSPS) is 15.0. The van der Waals surface area contributed by atoms with Gasteiger partial charge in [-0.1, -0.05) is 23.7 Å². The number of hydrogen-bond acceptors (Lipinski definition) is 3. The molecular weight excluding hydrogens is 324 g/mol. The maximum absolute atomic E-state index is 12.7. The van der Waals surface area contributed by atoms with Crippen molar-refractivity contribution in [2.45, 2.75) is 0 Å². The molecule has 5 nitrogen and oxygen atoms in total. The number of amides is 1. The lowest BCUT2D eigenvalue weighted by Gasteiger charge is -2.35. The fourth-order valence-electron chi connectivity index (χ4n) is 3.06. The van der Waals surface area contributed by atoms with Gasteiger partial charge in [-0.05, 0) is 30.3 Å². The summed E-state index contributed by atoms with van der Waals surface area (Å²) in [6.45, 7) is 2.95. The molecule has 0 saturated carbocycles. The number of benzene rings is 1. The quantitative estimate of drug-likeness (QED) is 0.779. The van der Waals surface area contributed by atoms with Crippen LogP contribution in [0, 0.1) is 0 Å². The van der Waals surface area contributed by atoms with Gasteiger partial charge >= 0.3 is 0 Å². The maximum Gasteiger partial charge on any atom is 0.270 e. The summed E-state index contributed by atoms with van der Waals surface area (Å²) in [4.78, 5) is 24.4. The van der Waals surface area contributed by atoms with Crippen LogP contribution in [0.1, 0.15) is 10.5 Å². The van der Waals surface area contributed by atoms with Gasteiger partial charge in [0.05, 0.1) is 0 Å². The molecule has 0 unspecified atom stereocenters. The third-order valence-corrected chi connectivity index (χ3v) is 4.59. The zero-order valence-electron chi connectivity index (χ0n) is 13.1. The van der Waals surface area contributed by atoms with E-state index in [2.05, 4.69) is 14.9 Å². The molecule has 0 radical (unpaired) electrons. The molecule has 0 bridgehead atoms. The molecule has 1 fully saturated rings. The maximum atomic E-state index is 12.7. The lowest BCUT2D eigenvalue weighted by atomic mass is 10.2. The van der Waals surface area contributed by atoms with E-state index in [4.69, 9.17) is 11.6 Å². The summed E-state index contributed by atoms with van der Waals surface area (Å²) >= 11 is 6.00. The van der Waals surface area contributed by atoms with Crippen LogP contribution in [0.3, 0.4) is 0 Å². The first-order valence-corrected chi connectivity index (χ1v) is 8.32. The van der Waals surface area contributed by atoms with Crippen LogP contribution < -0.4 is 4.90 Å². The fraction of sp³-hybridized carbons (Fsp3) is 0.222. The van der Waals surface area contributed by atoms with Crippen LogP contribution in [0.4, 0.5) is 5.82 Å². The molecule has 0 aliphatic carbocycles. The minimum Gasteiger partial charge on any atom is -0.353 e. The predicted molar refractivity (Wildman–Crippen MR) is 95.7 cm³/mol. The van der Waals surface area contributed by atoms with E-state index in [1.54, 1.807) is 6.20 Å². The Bertz CT molecular complexity index is 869. The predicted octanol–water partition coefficient (Wildman–Crippen LogP) is 3.18. The molecule has 0 spiro atoms. The summed E-state index contributed by atoms with van der Waals surface area (Å²) < 4.78 is 0. The number of hydrogen-bond donors (Lipinski definition) is 1. The Morgan fingerprint density at radius 2 is 1.92 bits per heavy atom. The standard InChI is InChI=1S/C18H17ClN4O/c19-14-5-4-13-11-16(21-15(13)12-14)18(24)23-9-7-22(8-10-23)17-3-1-2-6-20-17/h1-6,11-12,21H,7-10H2. The first kappa shape index (κ1) is 15.0. The summed E-state index contributed by atoms with van der Waals surface area (Å²) in [6, 6.07) is 13.4. The number of pyridine rings is 1. The smallest absolute Gasteiger partial charge is 0.270 e. The number of piperazine rings is 1. The second kappa shape index (κ2) is 6.17. The highest BCUT2D eigenvalue weighted by Crippen LogP contribution is 2.21. The van der Waals surface area contributed by atoms with Crippen molar-refractivity contribution in [2.75, 3.05) is 31.1 Å². The van der Waals surface area contributed by atoms with E-state index < -0.39 is 0 Å². The van der Waals surface area contributed by atoms with Gasteiger partial charge in [0.15, 0.2) is 0 Å². The Balaban J connectivity index is 1.47. The third-order valence-electron chi connectivity index (χ3n) is 4.36. The highest BCUT2D eigenvalue weighted by molar-refractivity contribution is 6.31. The number of aromatic nitrogens is 2. The number of nitrogens with one attached hydrogen (secondary N) is 1. The van der Waals surface area contributed by atoms with Gasteiger partial charge < -0.3 is 14.8 Å². The van der Waals surface area contributed by atoms with Crippen molar-refractivity contribution in [1.82, 2.24) is 14.9 Å². The number of halogens is 1. The summed E-state index contributed by atoms with van der Waals surface area (Å²) in [7, 11) is 0. The van der Waals surface area contributed by atoms with Gasteiger partial charge in [-0.3, -0.25) is 4.79 Å². The van der Waals surface area contributed by atoms with E-state index >= 15 is 0 Å². The molecule has 3 heterocycles. The number of fused-ring (bicyclic) bond motifs is 1. The molecule has 24 heavy (non-hydrogen) atoms. The lowest BCUT2D eigenvalue weighted by molar-refractivity contribution is 0.0741. The van der Waals surface area contributed by atoms with E-state index in [1.165, 1.54) is 0 Å². The topological polar surface area (TPSA) is 52.2 Å². The van der Waals surface area contributed by atoms with Gasteiger partial charge in [0, 0.05) is 48.3 Å². The van der Waals surface area contributed by atoms with Crippen molar-refractivity contribution < 1.29 is 4.79 Å². The number of carbonyl (C=O) groups is 1. The SMILES string of the molecule is O=C(c1cc2ccc(Cl)cc2[nH]1)N1CCN(c2ccccn2)CC1. The molecule has 1 aromatic carbocycles. The van der Waals surface area contributed by atoms with Gasteiger partial charge in [0.2, 0.25) is 0 Å². The first-order chi connectivity index (χ1) is 11.7. The third kappa shape index (κ3) is 2.83. The fourth-order valence-corrected chi connectivity index (χ4v) is 3.24. The van der Waals surface area contributed by atoms with Crippen LogP contribution in [0.2, 0.25) is 5.02 Å². The van der Waals surface area contributed by atoms with E-state index in [0.29, 0.717) is 23.8 Å². The Labute approximate surface area is 144 Å². The van der Waals surface area contributed by atoms with E-state index in [9.17, 15) is 4.79 Å². The van der Waals surface area contributed by atoms with Gasteiger partial charge in [0.1, 0.15) is 11.5 Å². The largest absolute Gasteiger partial charge is 0.353 e. The number of carbonyl (C=O) groups excluding carboxylic acids is 1. The van der Waals surface area contributed by atoms with Crippen molar-refractivity contribution >= 4 is 34.2 Å². The molecule has 1 N–H and O–H groups in total. The van der Waals surface area contributed by atoms with Gasteiger partial charge in [-0.15, -0.1) is 0 Å². The van der Waals surface area contributed by atoms with Crippen molar-refractivity contribution in [3.63, 3.8) is 0 Å². The molecular formula is C18H17ClN4O. The van der Waals surface area contributed by atoms with E-state index in [-0.39, 0.29) is 5.91 Å². The summed E-state index contributed by atoms with van der Waals surface area (Å²) in [5.74, 6) is 0.993. The Hall–Kier alpha value is -2.53. The van der Waals surface area contributed by atoms with Crippen molar-refractivity contribution in [1.29, 1.82) is 0 Å². The minimum absolute atomic E-state index is 0.0305. The Morgan fingerprint density at radius 1 is 1.08 bits per heavy atom. The van der Waals surface area contributed by atoms with Crippen LogP contribution in [0.5, 0.6) is 0 Å². The second-order valence-corrected chi connectivity index (χ2v) is 6.32. The molecule has 6 heteroatoms. The monoisotopic (exact) mass is 340 g/mol. The average molecular weight is 341 g/mol. The molecule has 1 saturated heterocycles. The van der Waals surface area contributed by atoms with E-state index in [0.717, 1.165) is 29.8 Å². The molecule has 1 aliphatic heterocycles. The second-order valence-electron chi connectivity index (χ2n) is 5.88. The van der Waals surface area contributed by atoms with Crippen molar-refractivity contribution in [3.8, 4) is 0 Å². The number of aromatic amines is 1. The molecule has 122 valence electrons. The van der Waals surface area contributed by atoms with Crippen molar-refractivity contribution in [3.05, 3.63) is 59.4 Å². The van der Waals surface area contributed by atoms with Crippen LogP contribution in [-0.4, -0.2) is 47.0 Å². The van der Waals surface area contributed by atoms with E-state index in [1.807, 2.05) is 47.4 Å². The highest BCUT2D eigenvalue weighted by Gasteiger charge is 2.23. The average Bonchev–Trinajstić information content (AvgIpc) is 3.05. The summed E-state index contributed by atoms with van der Waals surface area (Å²) in [5, 5.41) is 1.65. The van der Waals surface area contributed by atoms with Crippen molar-refractivity contribution in [2.24, 2.45) is 0 Å². The summed E-state index contributed by atoms with van der Waals surface area (Å²) in [5.41, 5.74) is 1.50. The zero-order chi connectivity index (χ0) is 16.5. The zero-order valence-corrected chi connectivity index (χ0v) is 13.8. The number of H-pyrrole nitrogens is 1. The van der Waals surface area contributed by atoms with Crippen LogP contribution in [0.15, 0.2) is 48.7 Å². The number of nitrogens with zero attached hydrogens (tertiary/aromatic N) is 3. The molecule has 4 rings (SSSR count). The molecule has 1 aliphatic rings. The highest BCUT2D eigenvalue weighted by atomic mass is 35.5. The minimum atomic E-state index is 0.0305. The number of rotatable bonds is 2. The molecule has 0 atom stereocenters. The number of anilines is 1. The van der Waals surface area contributed by atoms with Crippen LogP contribution in [-0.2, 0) is 0 Å². The van der Waals surface area contributed by atoms with Crippen LogP contribution >= 0.6 is 11.6 Å². The first-order valence-electron chi connectivity index (χ1n) is 7.94. The lowest BCUT2D eigenvalue weighted by Crippen LogP contribution is -2.49. The van der Waals surface area contributed by atoms with Gasteiger partial charge in [-0.2, -0.15) is 0 Å². The van der Waals surface area contributed by atoms with Gasteiger partial charge in [-0.25, -0.2) is 4.98 Å². The Kier molecular flexibility index (Phi) is 3.86. The Morgan fingerprint density at radius 3 is 2.67 bits per heavy atom. The van der Waals surface area contributed by atoms with Crippen LogP contribution in [0.25, 0.3) is 10.9 Å². The molecule has 3 aromatic rings. The van der Waals surface area contributed by atoms with Gasteiger partial charge in [0.25, 0.3) is 5.91 Å². The summed E-state index contributed by atoms with van der Waals surface area (Å²) in [6.07, 6.45) is 1.79. The molecule has 1 amide bonds. The molecule has 2 aromatic heterocycles.